The van der Waals surface area contributed by atoms with Crippen molar-refractivity contribution in [2.75, 3.05) is 0 Å². The van der Waals surface area contributed by atoms with Gasteiger partial charge in [-0.1, -0.05) is 54.6 Å². The Morgan fingerprint density at radius 3 is 2.15 bits per heavy atom. The summed E-state index contributed by atoms with van der Waals surface area (Å²) in [6, 6.07) is 16.6. The third-order valence-corrected chi connectivity index (χ3v) is 5.24. The van der Waals surface area contributed by atoms with Crippen LogP contribution in [0.1, 0.15) is 44.4 Å². The molecule has 0 aliphatic heterocycles. The summed E-state index contributed by atoms with van der Waals surface area (Å²) in [5.74, 6) is -0.0338. The lowest BCUT2D eigenvalue weighted by Gasteiger charge is -2.01. The summed E-state index contributed by atoms with van der Waals surface area (Å²) in [6.45, 7) is 3.05. The van der Waals surface area contributed by atoms with E-state index in [4.69, 9.17) is 0 Å². The number of thiazole rings is 1. The van der Waals surface area contributed by atoms with Gasteiger partial charge in [-0.3, -0.25) is 14.4 Å². The predicted molar refractivity (Wildman–Crippen MR) is 106 cm³/mol. The van der Waals surface area contributed by atoms with Crippen molar-refractivity contribution < 1.29 is 14.4 Å². The minimum Gasteiger partial charge on any atom is -0.300 e. The van der Waals surface area contributed by atoms with Crippen LogP contribution in [0.25, 0.3) is 11.3 Å². The van der Waals surface area contributed by atoms with Crippen LogP contribution < -0.4 is 0 Å². The van der Waals surface area contributed by atoms with Crippen LogP contribution in [-0.4, -0.2) is 22.3 Å². The van der Waals surface area contributed by atoms with Crippen LogP contribution in [-0.2, 0) is 17.6 Å². The van der Waals surface area contributed by atoms with Gasteiger partial charge in [0.1, 0.15) is 10.8 Å². The summed E-state index contributed by atoms with van der Waals surface area (Å²) in [5, 5.41) is 0.622. The molecule has 0 saturated heterocycles. The highest BCUT2D eigenvalue weighted by molar-refractivity contribution is 7.14. The van der Waals surface area contributed by atoms with Crippen LogP contribution in [0.4, 0.5) is 0 Å². The molecule has 0 aliphatic rings. The fourth-order valence-electron chi connectivity index (χ4n) is 2.81. The third-order valence-electron chi connectivity index (χ3n) is 4.08. The zero-order valence-electron chi connectivity index (χ0n) is 15.2. The number of ketones is 3. The van der Waals surface area contributed by atoms with Crippen molar-refractivity contribution in [2.24, 2.45) is 0 Å². The van der Waals surface area contributed by atoms with E-state index in [0.717, 1.165) is 11.1 Å². The second kappa shape index (κ2) is 8.18. The van der Waals surface area contributed by atoms with E-state index in [1.165, 1.54) is 18.3 Å². The van der Waals surface area contributed by atoms with Crippen molar-refractivity contribution in [2.45, 2.75) is 26.7 Å². The van der Waals surface area contributed by atoms with Gasteiger partial charge in [-0.05, 0) is 12.5 Å². The number of Topliss-reactive ketones (excluding diaryl/α,β-unsaturated/α-hetero) is 3. The summed E-state index contributed by atoms with van der Waals surface area (Å²) in [6.07, 6.45) is 0.507. The Labute approximate surface area is 161 Å². The minimum absolute atomic E-state index is 0.0568. The summed E-state index contributed by atoms with van der Waals surface area (Å²) in [7, 11) is 0. The number of rotatable bonds is 7. The largest absolute Gasteiger partial charge is 0.300 e. The van der Waals surface area contributed by atoms with Crippen LogP contribution in [0, 0.1) is 0 Å². The molecule has 1 heterocycles. The smallest absolute Gasteiger partial charge is 0.172 e. The van der Waals surface area contributed by atoms with E-state index in [0.29, 0.717) is 27.6 Å². The number of hydrogen-bond acceptors (Lipinski definition) is 5. The van der Waals surface area contributed by atoms with E-state index < -0.39 is 0 Å². The second-order valence-electron chi connectivity index (χ2n) is 6.38. The van der Waals surface area contributed by atoms with E-state index in [1.807, 2.05) is 30.3 Å². The molecule has 1 aromatic heterocycles. The van der Waals surface area contributed by atoms with E-state index >= 15 is 0 Å². The maximum Gasteiger partial charge on any atom is 0.172 e. The highest BCUT2D eigenvalue weighted by Gasteiger charge is 2.18. The first-order chi connectivity index (χ1) is 12.9. The van der Waals surface area contributed by atoms with Crippen LogP contribution in [0.2, 0.25) is 0 Å². The fraction of sp³-hybridized carbons (Fsp3) is 0.182. The lowest BCUT2D eigenvalue weighted by atomic mass is 10.0. The number of hydrogen-bond donors (Lipinski definition) is 0. The first kappa shape index (κ1) is 18.9. The maximum absolute atomic E-state index is 12.6. The topological polar surface area (TPSA) is 64.1 Å². The standard InChI is InChI=1S/C22H19NO3S/c1-14(24)12-16-8-10-17(11-9-16)19(26)13-20-23-21(22(27-20)15(2)25)18-6-4-3-5-7-18/h3-11H,12-13H2,1-2H3. The first-order valence-corrected chi connectivity index (χ1v) is 9.43. The molecule has 0 spiro atoms. The van der Waals surface area contributed by atoms with Crippen molar-refractivity contribution >= 4 is 28.7 Å². The van der Waals surface area contributed by atoms with E-state index in [-0.39, 0.29) is 23.8 Å². The Kier molecular flexibility index (Phi) is 5.72. The van der Waals surface area contributed by atoms with E-state index in [2.05, 4.69) is 4.98 Å². The van der Waals surface area contributed by atoms with Gasteiger partial charge in [-0.2, -0.15) is 0 Å². The molecule has 0 unspecified atom stereocenters. The van der Waals surface area contributed by atoms with Crippen LogP contribution in [0.15, 0.2) is 54.6 Å². The van der Waals surface area contributed by atoms with Gasteiger partial charge in [0.25, 0.3) is 0 Å². The van der Waals surface area contributed by atoms with Gasteiger partial charge in [-0.15, -0.1) is 11.3 Å². The van der Waals surface area contributed by atoms with Gasteiger partial charge in [-0.25, -0.2) is 4.98 Å². The lowest BCUT2D eigenvalue weighted by molar-refractivity contribution is -0.116. The molecule has 3 rings (SSSR count). The Hall–Kier alpha value is -2.92. The van der Waals surface area contributed by atoms with Gasteiger partial charge in [0, 0.05) is 24.5 Å². The molecule has 4 nitrogen and oxygen atoms in total. The number of carbonyl (C=O) groups is 3. The molecule has 3 aromatic rings. The molecule has 0 atom stereocenters. The van der Waals surface area contributed by atoms with Crippen molar-refractivity contribution in [1.29, 1.82) is 0 Å². The molecular formula is C22H19NO3S. The average molecular weight is 377 g/mol. The summed E-state index contributed by atoms with van der Waals surface area (Å²) in [4.78, 5) is 40.9. The molecule has 0 fully saturated rings. The van der Waals surface area contributed by atoms with Gasteiger partial charge in [0.2, 0.25) is 0 Å². The molecule has 27 heavy (non-hydrogen) atoms. The van der Waals surface area contributed by atoms with Gasteiger partial charge in [0.15, 0.2) is 11.6 Å². The summed E-state index contributed by atoms with van der Waals surface area (Å²) >= 11 is 1.27. The maximum atomic E-state index is 12.6. The van der Waals surface area contributed by atoms with Crippen molar-refractivity contribution in [3.63, 3.8) is 0 Å². The molecule has 2 aromatic carbocycles. The zero-order chi connectivity index (χ0) is 19.4. The van der Waals surface area contributed by atoms with Gasteiger partial charge >= 0.3 is 0 Å². The number of carbonyl (C=O) groups excluding carboxylic acids is 3. The molecule has 136 valence electrons. The highest BCUT2D eigenvalue weighted by atomic mass is 32.1. The molecule has 0 N–H and O–H groups in total. The molecule has 5 heteroatoms. The Morgan fingerprint density at radius 2 is 1.56 bits per heavy atom. The molecule has 0 radical (unpaired) electrons. The molecular weight excluding hydrogens is 358 g/mol. The van der Waals surface area contributed by atoms with Crippen molar-refractivity contribution in [1.82, 2.24) is 4.98 Å². The Bertz CT molecular complexity index is 988. The first-order valence-electron chi connectivity index (χ1n) is 8.61. The normalized spacial score (nSPS) is 10.6. The summed E-state index contributed by atoms with van der Waals surface area (Å²) in [5.41, 5.74) is 2.96. The molecule has 0 bridgehead atoms. The van der Waals surface area contributed by atoms with Crippen molar-refractivity contribution in [3.8, 4) is 11.3 Å². The second-order valence-corrected chi connectivity index (χ2v) is 7.47. The quantitative estimate of drug-likeness (QED) is 0.566. The SMILES string of the molecule is CC(=O)Cc1ccc(C(=O)Cc2nc(-c3ccccc3)c(C(C)=O)s2)cc1. The highest BCUT2D eigenvalue weighted by Crippen LogP contribution is 2.29. The van der Waals surface area contributed by atoms with Crippen LogP contribution in [0.5, 0.6) is 0 Å². The lowest BCUT2D eigenvalue weighted by Crippen LogP contribution is -2.04. The Morgan fingerprint density at radius 1 is 0.889 bits per heavy atom. The molecule has 0 saturated carbocycles. The Balaban J connectivity index is 1.82. The molecule has 0 aliphatic carbocycles. The fourth-order valence-corrected chi connectivity index (χ4v) is 3.79. The monoisotopic (exact) mass is 377 g/mol. The molecule has 0 amide bonds. The number of aromatic nitrogens is 1. The summed E-state index contributed by atoms with van der Waals surface area (Å²) < 4.78 is 0. The average Bonchev–Trinajstić information content (AvgIpc) is 3.06. The number of benzene rings is 2. The number of nitrogens with zero attached hydrogens (tertiary/aromatic N) is 1. The van der Waals surface area contributed by atoms with E-state index in [9.17, 15) is 14.4 Å². The third kappa shape index (κ3) is 4.63. The van der Waals surface area contributed by atoms with E-state index in [1.54, 1.807) is 31.2 Å². The van der Waals surface area contributed by atoms with Gasteiger partial charge < -0.3 is 0 Å². The van der Waals surface area contributed by atoms with Gasteiger partial charge in [0.05, 0.1) is 17.0 Å². The van der Waals surface area contributed by atoms with Crippen LogP contribution >= 0.6 is 11.3 Å². The predicted octanol–water partition coefficient (Wildman–Crippen LogP) is 4.57. The van der Waals surface area contributed by atoms with Crippen LogP contribution in [0.3, 0.4) is 0 Å². The zero-order valence-corrected chi connectivity index (χ0v) is 16.0. The minimum atomic E-state index is -0.0622. The van der Waals surface area contributed by atoms with Crippen molar-refractivity contribution in [3.05, 3.63) is 75.6 Å².